The topological polar surface area (TPSA) is 28.7 Å². The van der Waals surface area contributed by atoms with E-state index in [2.05, 4.69) is 16.0 Å². The van der Waals surface area contributed by atoms with Crippen molar-refractivity contribution >= 4 is 10.9 Å². The van der Waals surface area contributed by atoms with Crippen LogP contribution in [0.3, 0.4) is 0 Å². The zero-order valence-electron chi connectivity index (χ0n) is 8.21. The lowest BCUT2D eigenvalue weighted by Crippen LogP contribution is -1.86. The highest BCUT2D eigenvalue weighted by molar-refractivity contribution is 5.83. The molecule has 2 aromatic heterocycles. The Hall–Kier alpha value is -1.31. The van der Waals surface area contributed by atoms with E-state index in [1.165, 1.54) is 48.7 Å². The molecule has 0 unspecified atom stereocenters. The monoisotopic (exact) mass is 186 g/mol. The second-order valence-electron chi connectivity index (χ2n) is 4.06. The Kier molecular flexibility index (Phi) is 1.79. The van der Waals surface area contributed by atoms with Gasteiger partial charge in [0, 0.05) is 17.3 Å². The van der Waals surface area contributed by atoms with E-state index in [4.69, 9.17) is 0 Å². The largest absolute Gasteiger partial charge is 0.357 e. The maximum atomic E-state index is 4.15. The average Bonchev–Trinajstić information content (AvgIpc) is 2.42. The molecule has 0 saturated heterocycles. The van der Waals surface area contributed by atoms with E-state index >= 15 is 0 Å². The highest BCUT2D eigenvalue weighted by Gasteiger charge is 2.13. The molecule has 0 fully saturated rings. The van der Waals surface area contributed by atoms with Gasteiger partial charge in [-0.05, 0) is 37.3 Å². The maximum absolute atomic E-state index is 4.15. The number of hydrogen-bond acceptors (Lipinski definition) is 1. The zero-order valence-corrected chi connectivity index (χ0v) is 8.21. The molecule has 0 atom stereocenters. The van der Waals surface area contributed by atoms with E-state index in [-0.39, 0.29) is 0 Å². The predicted molar refractivity (Wildman–Crippen MR) is 57.4 cm³/mol. The summed E-state index contributed by atoms with van der Waals surface area (Å²) in [7, 11) is 0. The van der Waals surface area contributed by atoms with E-state index in [1.54, 1.807) is 5.56 Å². The first-order valence-electron chi connectivity index (χ1n) is 5.38. The van der Waals surface area contributed by atoms with Crippen LogP contribution in [-0.2, 0) is 12.8 Å². The Morgan fingerprint density at radius 2 is 2.07 bits per heavy atom. The van der Waals surface area contributed by atoms with E-state index in [1.807, 2.05) is 12.4 Å². The number of aromatic nitrogens is 2. The molecule has 0 aromatic carbocycles. The summed E-state index contributed by atoms with van der Waals surface area (Å²) < 4.78 is 0. The molecule has 0 spiro atoms. The Bertz CT molecular complexity index is 456. The molecule has 72 valence electrons. The third-order valence-electron chi connectivity index (χ3n) is 3.15. The molecule has 3 rings (SSSR count). The van der Waals surface area contributed by atoms with Gasteiger partial charge in [-0.3, -0.25) is 4.98 Å². The number of nitrogens with zero attached hydrogens (tertiary/aromatic N) is 1. The van der Waals surface area contributed by atoms with Crippen LogP contribution in [0.15, 0.2) is 18.5 Å². The van der Waals surface area contributed by atoms with Crippen LogP contribution in [0.2, 0.25) is 0 Å². The summed E-state index contributed by atoms with van der Waals surface area (Å²) in [6, 6.07) is 2.13. The van der Waals surface area contributed by atoms with Crippen LogP contribution in [0, 0.1) is 0 Å². The van der Waals surface area contributed by atoms with Gasteiger partial charge in [-0.2, -0.15) is 0 Å². The van der Waals surface area contributed by atoms with Crippen molar-refractivity contribution in [1.29, 1.82) is 0 Å². The number of hydrogen-bond donors (Lipinski definition) is 1. The van der Waals surface area contributed by atoms with Gasteiger partial charge in [0.15, 0.2) is 0 Å². The van der Waals surface area contributed by atoms with Crippen molar-refractivity contribution in [3.63, 3.8) is 0 Å². The Balaban J connectivity index is 2.24. The molecule has 0 radical (unpaired) electrons. The fraction of sp³-hybridized carbons (Fsp3) is 0.417. The molecule has 2 aromatic rings. The molecule has 0 amide bonds. The summed E-state index contributed by atoms with van der Waals surface area (Å²) in [5.41, 5.74) is 4.20. The van der Waals surface area contributed by atoms with E-state index in [0.29, 0.717) is 0 Å². The molecule has 0 bridgehead atoms. The highest BCUT2D eigenvalue weighted by Crippen LogP contribution is 2.27. The minimum absolute atomic E-state index is 1.21. The quantitative estimate of drug-likeness (QED) is 0.630. The number of aromatic amines is 1. The van der Waals surface area contributed by atoms with Gasteiger partial charge in [-0.15, -0.1) is 0 Å². The number of aryl methyl sites for hydroxylation is 2. The standard InChI is InChI=1S/C12H14N2/c1-2-4-9-10-6-7-13-8-12(10)14-11(9)5-3-1/h6-8,14H,1-5H2. The molecule has 1 aliphatic carbocycles. The lowest BCUT2D eigenvalue weighted by molar-refractivity contribution is 0.708. The van der Waals surface area contributed by atoms with Gasteiger partial charge in [0.2, 0.25) is 0 Å². The minimum atomic E-state index is 1.21. The molecule has 14 heavy (non-hydrogen) atoms. The van der Waals surface area contributed by atoms with Crippen LogP contribution in [-0.4, -0.2) is 9.97 Å². The first kappa shape index (κ1) is 8.04. The zero-order chi connectivity index (χ0) is 9.38. The van der Waals surface area contributed by atoms with E-state index in [9.17, 15) is 0 Å². The maximum Gasteiger partial charge on any atom is 0.0645 e. The van der Waals surface area contributed by atoms with Gasteiger partial charge in [0.25, 0.3) is 0 Å². The summed E-state index contributed by atoms with van der Waals surface area (Å²) in [5, 5.41) is 1.39. The van der Waals surface area contributed by atoms with E-state index < -0.39 is 0 Å². The summed E-state index contributed by atoms with van der Waals surface area (Å²) in [5.74, 6) is 0. The van der Waals surface area contributed by atoms with Gasteiger partial charge in [-0.1, -0.05) is 6.42 Å². The van der Waals surface area contributed by atoms with Gasteiger partial charge in [0.1, 0.15) is 0 Å². The number of fused-ring (bicyclic) bond motifs is 3. The second-order valence-corrected chi connectivity index (χ2v) is 4.06. The molecule has 1 aliphatic rings. The first-order chi connectivity index (χ1) is 6.95. The van der Waals surface area contributed by atoms with Crippen LogP contribution in [0.1, 0.15) is 30.5 Å². The summed E-state index contributed by atoms with van der Waals surface area (Å²) in [6.07, 6.45) is 10.3. The minimum Gasteiger partial charge on any atom is -0.357 e. The van der Waals surface area contributed by atoms with Crippen molar-refractivity contribution in [3.05, 3.63) is 29.7 Å². The lowest BCUT2D eigenvalue weighted by atomic mass is 10.1. The molecule has 2 heterocycles. The first-order valence-corrected chi connectivity index (χ1v) is 5.38. The van der Waals surface area contributed by atoms with Gasteiger partial charge in [0.05, 0.1) is 11.7 Å². The van der Waals surface area contributed by atoms with Crippen LogP contribution >= 0.6 is 0 Å². The van der Waals surface area contributed by atoms with Gasteiger partial charge >= 0.3 is 0 Å². The van der Waals surface area contributed by atoms with Crippen molar-refractivity contribution < 1.29 is 0 Å². The number of nitrogens with one attached hydrogen (secondary N) is 1. The summed E-state index contributed by atoms with van der Waals surface area (Å²) >= 11 is 0. The molecule has 2 nitrogen and oxygen atoms in total. The van der Waals surface area contributed by atoms with Crippen molar-refractivity contribution in [1.82, 2.24) is 9.97 Å². The Morgan fingerprint density at radius 3 is 3.07 bits per heavy atom. The van der Waals surface area contributed by atoms with Crippen molar-refractivity contribution in [2.75, 3.05) is 0 Å². The normalized spacial score (nSPS) is 16.6. The molecule has 2 heteroatoms. The third kappa shape index (κ3) is 1.14. The average molecular weight is 186 g/mol. The molecule has 0 aliphatic heterocycles. The smallest absolute Gasteiger partial charge is 0.0645 e. The summed E-state index contributed by atoms with van der Waals surface area (Å²) in [6.45, 7) is 0. The van der Waals surface area contributed by atoms with Crippen molar-refractivity contribution in [3.8, 4) is 0 Å². The molecular formula is C12H14N2. The molecular weight excluding hydrogens is 172 g/mol. The SMILES string of the molecule is c1cc2c3c([nH]c2cn1)CCCCC3. The van der Waals surface area contributed by atoms with Crippen LogP contribution in [0.4, 0.5) is 0 Å². The van der Waals surface area contributed by atoms with Crippen molar-refractivity contribution in [2.45, 2.75) is 32.1 Å². The lowest BCUT2D eigenvalue weighted by Gasteiger charge is -1.96. The predicted octanol–water partition coefficient (Wildman–Crippen LogP) is 2.83. The second kappa shape index (κ2) is 3.12. The highest BCUT2D eigenvalue weighted by atomic mass is 14.8. The number of pyridine rings is 1. The third-order valence-corrected chi connectivity index (χ3v) is 3.15. The fourth-order valence-electron chi connectivity index (χ4n) is 2.44. The fourth-order valence-corrected chi connectivity index (χ4v) is 2.44. The number of H-pyrrole nitrogens is 1. The van der Waals surface area contributed by atoms with Crippen molar-refractivity contribution in [2.24, 2.45) is 0 Å². The summed E-state index contributed by atoms with van der Waals surface area (Å²) in [4.78, 5) is 7.64. The van der Waals surface area contributed by atoms with Gasteiger partial charge in [-0.25, -0.2) is 0 Å². The Labute approximate surface area is 83.4 Å². The van der Waals surface area contributed by atoms with Crippen LogP contribution in [0.25, 0.3) is 10.9 Å². The molecule has 1 N–H and O–H groups in total. The van der Waals surface area contributed by atoms with Crippen LogP contribution < -0.4 is 0 Å². The molecule has 0 saturated carbocycles. The Morgan fingerprint density at radius 1 is 1.14 bits per heavy atom. The number of rotatable bonds is 0. The van der Waals surface area contributed by atoms with E-state index in [0.717, 1.165) is 0 Å². The van der Waals surface area contributed by atoms with Gasteiger partial charge < -0.3 is 4.98 Å². The van der Waals surface area contributed by atoms with Crippen LogP contribution in [0.5, 0.6) is 0 Å².